The van der Waals surface area contributed by atoms with E-state index in [0.717, 1.165) is 10.6 Å². The summed E-state index contributed by atoms with van der Waals surface area (Å²) in [5.41, 5.74) is 5.92. The molecule has 1 aliphatic rings. The Kier molecular flexibility index (Phi) is 3.16. The Labute approximate surface area is 144 Å². The minimum atomic E-state index is -0.680. The number of hydrogen-bond acceptors (Lipinski definition) is 7. The van der Waals surface area contributed by atoms with Crippen molar-refractivity contribution in [2.24, 2.45) is 0 Å². The number of esters is 1. The lowest BCUT2D eigenvalue weighted by atomic mass is 10.1. The summed E-state index contributed by atoms with van der Waals surface area (Å²) in [6, 6.07) is 5.82. The van der Waals surface area contributed by atoms with Gasteiger partial charge < -0.3 is 10.5 Å². The lowest BCUT2D eigenvalue weighted by molar-refractivity contribution is 0.0595. The van der Waals surface area contributed by atoms with Crippen LogP contribution in [-0.4, -0.2) is 39.7 Å². The number of pyridine rings is 1. The van der Waals surface area contributed by atoms with Crippen LogP contribution in [0.1, 0.15) is 31.2 Å². The van der Waals surface area contributed by atoms with E-state index in [9.17, 15) is 19.2 Å². The quantitative estimate of drug-likeness (QED) is 0.432. The van der Waals surface area contributed by atoms with Gasteiger partial charge in [-0.15, -0.1) is 0 Å². The second kappa shape index (κ2) is 5.28. The first-order valence-corrected chi connectivity index (χ1v) is 7.41. The Morgan fingerprint density at radius 3 is 2.73 bits per heavy atom. The molecule has 0 radical (unpaired) electrons. The number of benzene rings is 1. The van der Waals surface area contributed by atoms with E-state index in [0.29, 0.717) is 5.39 Å². The van der Waals surface area contributed by atoms with Crippen molar-refractivity contribution in [2.75, 3.05) is 12.8 Å². The van der Waals surface area contributed by atoms with Crippen LogP contribution >= 0.6 is 0 Å². The number of H-pyrrole nitrogens is 1. The van der Waals surface area contributed by atoms with Crippen molar-refractivity contribution in [3.8, 4) is 5.69 Å². The Morgan fingerprint density at radius 2 is 2.00 bits per heavy atom. The van der Waals surface area contributed by atoms with Crippen LogP contribution in [0, 0.1) is 0 Å². The van der Waals surface area contributed by atoms with Crippen molar-refractivity contribution in [1.29, 1.82) is 0 Å². The zero-order valence-corrected chi connectivity index (χ0v) is 13.3. The Morgan fingerprint density at radius 1 is 1.23 bits per heavy atom. The molecule has 4 N–H and O–H groups in total. The Bertz CT molecular complexity index is 1190. The smallest absolute Gasteiger partial charge is 0.356 e. The molecule has 3 heterocycles. The summed E-state index contributed by atoms with van der Waals surface area (Å²) in [5, 5.41) is 9.15. The molecule has 1 aromatic carbocycles. The lowest BCUT2D eigenvalue weighted by Gasteiger charge is -2.12. The number of carbonyl (C=O) groups excluding carboxylic acids is 3. The van der Waals surface area contributed by atoms with Gasteiger partial charge in [-0.05, 0) is 6.07 Å². The summed E-state index contributed by atoms with van der Waals surface area (Å²) in [6.45, 7) is 0. The fourth-order valence-corrected chi connectivity index (χ4v) is 2.99. The van der Waals surface area contributed by atoms with Gasteiger partial charge in [-0.1, -0.05) is 12.1 Å². The standard InChI is InChI=1S/C16H11N5O5/c1-26-16(25)12-6-3-2-4-8(11(6)19-20-12)21-9(22)5-7-10(13(21)17)15(24)18-14(7)23/h2-5H,17H2,1H3,(H,19,20)(H,18,23,24). The molecule has 0 aliphatic carbocycles. The molecule has 10 nitrogen and oxygen atoms in total. The fraction of sp³-hybridized carbons (Fsp3) is 0.0625. The highest BCUT2D eigenvalue weighted by Crippen LogP contribution is 2.27. The lowest BCUT2D eigenvalue weighted by Crippen LogP contribution is -2.24. The first-order chi connectivity index (χ1) is 12.4. The van der Waals surface area contributed by atoms with Crippen molar-refractivity contribution >= 4 is 34.5 Å². The number of nitrogens with one attached hydrogen (secondary N) is 2. The van der Waals surface area contributed by atoms with Crippen LogP contribution in [0.25, 0.3) is 16.6 Å². The van der Waals surface area contributed by atoms with Crippen molar-refractivity contribution in [2.45, 2.75) is 0 Å². The van der Waals surface area contributed by atoms with Crippen LogP contribution in [0.15, 0.2) is 29.1 Å². The number of nitrogens with zero attached hydrogens (tertiary/aromatic N) is 2. The van der Waals surface area contributed by atoms with Gasteiger partial charge in [0.2, 0.25) is 0 Å². The number of aromatic amines is 1. The maximum absolute atomic E-state index is 12.6. The molecule has 0 saturated heterocycles. The molecule has 2 amide bonds. The third kappa shape index (κ3) is 1.95. The second-order valence-electron chi connectivity index (χ2n) is 5.54. The SMILES string of the molecule is COC(=O)c1[nH]nc2c(-n3c(N)c4c(cc3=O)C(=O)NC4=O)cccc12. The van der Waals surface area contributed by atoms with E-state index in [-0.39, 0.29) is 33.8 Å². The van der Waals surface area contributed by atoms with E-state index < -0.39 is 23.3 Å². The average molecular weight is 353 g/mol. The van der Waals surface area contributed by atoms with Crippen LogP contribution in [-0.2, 0) is 4.74 Å². The number of ether oxygens (including phenoxy) is 1. The van der Waals surface area contributed by atoms with Crippen molar-refractivity contribution in [1.82, 2.24) is 20.1 Å². The van der Waals surface area contributed by atoms with Gasteiger partial charge in [0.15, 0.2) is 5.69 Å². The van der Waals surface area contributed by atoms with E-state index in [1.807, 2.05) is 0 Å². The number of rotatable bonds is 2. The van der Waals surface area contributed by atoms with Gasteiger partial charge in [-0.2, -0.15) is 5.10 Å². The number of nitrogen functional groups attached to an aromatic ring is 1. The number of fused-ring (bicyclic) bond motifs is 2. The van der Waals surface area contributed by atoms with Crippen molar-refractivity contribution < 1.29 is 19.1 Å². The highest BCUT2D eigenvalue weighted by molar-refractivity contribution is 6.23. The van der Waals surface area contributed by atoms with E-state index in [4.69, 9.17) is 5.73 Å². The van der Waals surface area contributed by atoms with E-state index in [2.05, 4.69) is 20.3 Å². The zero-order valence-electron chi connectivity index (χ0n) is 13.3. The van der Waals surface area contributed by atoms with Gasteiger partial charge in [0, 0.05) is 11.5 Å². The van der Waals surface area contributed by atoms with Gasteiger partial charge in [-0.3, -0.25) is 29.4 Å². The molecule has 3 aromatic rings. The van der Waals surface area contributed by atoms with Crippen LogP contribution < -0.4 is 16.6 Å². The summed E-state index contributed by atoms with van der Waals surface area (Å²) in [7, 11) is 1.23. The number of imide groups is 1. The molecule has 0 spiro atoms. The minimum absolute atomic E-state index is 0.0711. The topological polar surface area (TPSA) is 149 Å². The maximum Gasteiger partial charge on any atom is 0.356 e. The van der Waals surface area contributed by atoms with E-state index in [1.165, 1.54) is 7.11 Å². The predicted octanol–water partition coefficient (Wildman–Crippen LogP) is -0.0338. The number of aromatic nitrogens is 3. The van der Waals surface area contributed by atoms with Gasteiger partial charge >= 0.3 is 5.97 Å². The van der Waals surface area contributed by atoms with Crippen LogP contribution in [0.3, 0.4) is 0 Å². The minimum Gasteiger partial charge on any atom is -0.464 e. The Hall–Kier alpha value is -3.95. The first kappa shape index (κ1) is 15.6. The monoisotopic (exact) mass is 353 g/mol. The molecule has 1 aliphatic heterocycles. The van der Waals surface area contributed by atoms with Gasteiger partial charge in [0.25, 0.3) is 17.4 Å². The summed E-state index contributed by atoms with van der Waals surface area (Å²) in [4.78, 5) is 48.1. The molecule has 0 unspecified atom stereocenters. The highest BCUT2D eigenvalue weighted by atomic mass is 16.5. The number of hydrogen-bond donors (Lipinski definition) is 3. The van der Waals surface area contributed by atoms with E-state index in [1.54, 1.807) is 18.2 Å². The number of anilines is 1. The molecular weight excluding hydrogens is 342 g/mol. The van der Waals surface area contributed by atoms with Gasteiger partial charge in [-0.25, -0.2) is 4.79 Å². The van der Waals surface area contributed by atoms with Crippen molar-refractivity contribution in [3.63, 3.8) is 0 Å². The number of methoxy groups -OCH3 is 1. The third-order valence-corrected chi connectivity index (χ3v) is 4.15. The number of para-hydroxylation sites is 1. The molecule has 10 heteroatoms. The summed E-state index contributed by atoms with van der Waals surface area (Å²) < 4.78 is 5.76. The normalized spacial score (nSPS) is 13.0. The molecule has 130 valence electrons. The molecule has 4 rings (SSSR count). The van der Waals surface area contributed by atoms with Crippen LogP contribution in [0.4, 0.5) is 5.82 Å². The molecular formula is C16H11N5O5. The summed E-state index contributed by atoms with van der Waals surface area (Å²) in [5.74, 6) is -2.16. The third-order valence-electron chi connectivity index (χ3n) is 4.15. The molecule has 26 heavy (non-hydrogen) atoms. The van der Waals surface area contributed by atoms with Crippen LogP contribution in [0.2, 0.25) is 0 Å². The Balaban J connectivity index is 2.04. The highest BCUT2D eigenvalue weighted by Gasteiger charge is 2.32. The molecule has 0 bridgehead atoms. The molecule has 0 atom stereocenters. The molecule has 2 aromatic heterocycles. The van der Waals surface area contributed by atoms with Gasteiger partial charge in [0.05, 0.1) is 23.9 Å². The molecule has 0 fully saturated rings. The summed E-state index contributed by atoms with van der Waals surface area (Å²) in [6.07, 6.45) is 0. The van der Waals surface area contributed by atoms with Gasteiger partial charge in [0.1, 0.15) is 11.3 Å². The second-order valence-corrected chi connectivity index (χ2v) is 5.54. The number of amides is 2. The largest absolute Gasteiger partial charge is 0.464 e. The predicted molar refractivity (Wildman–Crippen MR) is 89.2 cm³/mol. The first-order valence-electron chi connectivity index (χ1n) is 7.41. The maximum atomic E-state index is 12.6. The van der Waals surface area contributed by atoms with Crippen LogP contribution in [0.5, 0.6) is 0 Å². The molecule has 0 saturated carbocycles. The van der Waals surface area contributed by atoms with Crippen molar-refractivity contribution in [3.05, 3.63) is 51.4 Å². The zero-order chi connectivity index (χ0) is 18.6. The fourth-order valence-electron chi connectivity index (χ4n) is 2.99. The average Bonchev–Trinajstić information content (AvgIpc) is 3.16. The summed E-state index contributed by atoms with van der Waals surface area (Å²) >= 11 is 0. The number of nitrogens with two attached hydrogens (primary N) is 1. The number of carbonyl (C=O) groups is 3. The van der Waals surface area contributed by atoms with E-state index >= 15 is 0 Å².